The molecule has 0 radical (unpaired) electrons. The number of carbonyl (C=O) groups excluding carboxylic acids is 1. The summed E-state index contributed by atoms with van der Waals surface area (Å²) >= 11 is 0. The fourth-order valence-corrected chi connectivity index (χ4v) is 5.88. The van der Waals surface area contributed by atoms with E-state index in [4.69, 9.17) is 0 Å². The van der Waals surface area contributed by atoms with E-state index in [-0.39, 0.29) is 18.1 Å². The molecule has 2 atom stereocenters. The summed E-state index contributed by atoms with van der Waals surface area (Å²) in [5.41, 5.74) is 5.96. The first kappa shape index (κ1) is 23.3. The third-order valence-electron chi connectivity index (χ3n) is 7.81. The molecule has 0 bridgehead atoms. The van der Waals surface area contributed by atoms with Crippen LogP contribution in [0.15, 0.2) is 42.5 Å². The Morgan fingerprint density at radius 1 is 1.03 bits per heavy atom. The van der Waals surface area contributed by atoms with E-state index in [2.05, 4.69) is 70.3 Å². The molecule has 3 heterocycles. The van der Waals surface area contributed by atoms with Crippen molar-refractivity contribution in [3.63, 3.8) is 0 Å². The molecule has 2 aromatic rings. The molecule has 1 amide bonds. The quantitative estimate of drug-likeness (QED) is 0.691. The number of nitrogens with zero attached hydrogens (tertiary/aromatic N) is 3. The van der Waals surface area contributed by atoms with Crippen molar-refractivity contribution in [2.24, 2.45) is 0 Å². The number of fused-ring (bicyclic) bond motifs is 2. The van der Waals surface area contributed by atoms with Gasteiger partial charge in [-0.25, -0.2) is 0 Å². The molecular formula is C28H38N4O2. The summed E-state index contributed by atoms with van der Waals surface area (Å²) in [6.07, 6.45) is 2.32. The summed E-state index contributed by atoms with van der Waals surface area (Å²) in [6.45, 7) is 10.8. The van der Waals surface area contributed by atoms with Crippen molar-refractivity contribution >= 4 is 11.6 Å². The van der Waals surface area contributed by atoms with Gasteiger partial charge in [-0.2, -0.15) is 0 Å². The normalized spacial score (nSPS) is 22.3. The number of rotatable bonds is 6. The SMILES string of the molecule is CC(C)N1CCN(c2ccc3c(c2)CCNC3=O)C(CC(O)CN2CCc3ccccc3C2)C1. The minimum Gasteiger partial charge on any atom is -0.392 e. The predicted molar refractivity (Wildman–Crippen MR) is 136 cm³/mol. The number of anilines is 1. The molecule has 1 saturated heterocycles. The van der Waals surface area contributed by atoms with Crippen LogP contribution in [-0.4, -0.2) is 78.3 Å². The number of nitrogens with one attached hydrogen (secondary N) is 1. The van der Waals surface area contributed by atoms with Crippen molar-refractivity contribution in [2.45, 2.75) is 57.8 Å². The summed E-state index contributed by atoms with van der Waals surface area (Å²) in [5.74, 6) is 0.0347. The van der Waals surface area contributed by atoms with Crippen LogP contribution in [0.2, 0.25) is 0 Å². The molecule has 182 valence electrons. The van der Waals surface area contributed by atoms with Gasteiger partial charge in [0.05, 0.1) is 6.10 Å². The summed E-state index contributed by atoms with van der Waals surface area (Å²) in [6, 6.07) is 15.7. The molecule has 2 aromatic carbocycles. The Kier molecular flexibility index (Phi) is 6.91. The number of β-amino-alcohol motifs (C(OH)–C–C–N with tert-alkyl or cyclic N) is 1. The standard InChI is InChI=1S/C28H38N4O2/c1-20(2)31-13-14-32(24-7-8-27-22(15-24)9-11-29-28(27)34)25(18-31)16-26(33)19-30-12-10-21-5-3-4-6-23(21)17-30/h3-8,15,20,25-26,33H,9-14,16-19H2,1-2H3,(H,29,34). The van der Waals surface area contributed by atoms with E-state index in [1.54, 1.807) is 0 Å². The lowest BCUT2D eigenvalue weighted by Crippen LogP contribution is -2.56. The first-order valence-electron chi connectivity index (χ1n) is 12.9. The average molecular weight is 463 g/mol. The van der Waals surface area contributed by atoms with Crippen LogP contribution < -0.4 is 10.2 Å². The van der Waals surface area contributed by atoms with E-state index in [1.165, 1.54) is 16.8 Å². The number of hydrogen-bond donors (Lipinski definition) is 2. The molecule has 0 aromatic heterocycles. The number of aliphatic hydroxyl groups is 1. The Labute approximate surface area is 203 Å². The highest BCUT2D eigenvalue weighted by atomic mass is 16.3. The summed E-state index contributed by atoms with van der Waals surface area (Å²) in [7, 11) is 0. The lowest BCUT2D eigenvalue weighted by Gasteiger charge is -2.45. The average Bonchev–Trinajstić information content (AvgIpc) is 2.84. The number of hydrogen-bond acceptors (Lipinski definition) is 5. The lowest BCUT2D eigenvalue weighted by atomic mass is 9.96. The number of aliphatic hydroxyl groups excluding tert-OH is 1. The molecule has 0 aliphatic carbocycles. The van der Waals surface area contributed by atoms with Crippen molar-refractivity contribution in [3.8, 4) is 0 Å². The van der Waals surface area contributed by atoms with E-state index in [9.17, 15) is 9.90 Å². The molecular weight excluding hydrogens is 424 g/mol. The molecule has 2 unspecified atom stereocenters. The van der Waals surface area contributed by atoms with Gasteiger partial charge in [-0.15, -0.1) is 0 Å². The van der Waals surface area contributed by atoms with Crippen molar-refractivity contribution in [1.82, 2.24) is 15.1 Å². The molecule has 34 heavy (non-hydrogen) atoms. The van der Waals surface area contributed by atoms with Gasteiger partial charge in [0.25, 0.3) is 5.91 Å². The molecule has 3 aliphatic heterocycles. The molecule has 6 heteroatoms. The fraction of sp³-hybridized carbons (Fsp3) is 0.536. The largest absolute Gasteiger partial charge is 0.392 e. The predicted octanol–water partition coefficient (Wildman–Crippen LogP) is 2.68. The summed E-state index contributed by atoms with van der Waals surface area (Å²) in [5, 5.41) is 14.1. The van der Waals surface area contributed by atoms with Crippen LogP contribution in [0.3, 0.4) is 0 Å². The number of piperazine rings is 1. The van der Waals surface area contributed by atoms with Gasteiger partial charge in [0.15, 0.2) is 0 Å². The molecule has 5 rings (SSSR count). The van der Waals surface area contributed by atoms with E-state index >= 15 is 0 Å². The van der Waals surface area contributed by atoms with Gasteiger partial charge in [-0.3, -0.25) is 14.6 Å². The molecule has 0 saturated carbocycles. The summed E-state index contributed by atoms with van der Waals surface area (Å²) < 4.78 is 0. The Bertz CT molecular complexity index is 1020. The third-order valence-corrected chi connectivity index (χ3v) is 7.81. The van der Waals surface area contributed by atoms with Crippen LogP contribution >= 0.6 is 0 Å². The zero-order valence-electron chi connectivity index (χ0n) is 20.5. The topological polar surface area (TPSA) is 59.1 Å². The maximum atomic E-state index is 12.2. The van der Waals surface area contributed by atoms with Crippen molar-refractivity contribution < 1.29 is 9.90 Å². The van der Waals surface area contributed by atoms with Crippen molar-refractivity contribution in [3.05, 3.63) is 64.7 Å². The number of amides is 1. The van der Waals surface area contributed by atoms with E-state index in [1.807, 2.05) is 6.07 Å². The van der Waals surface area contributed by atoms with Gasteiger partial charge < -0.3 is 15.3 Å². The first-order valence-corrected chi connectivity index (χ1v) is 12.9. The second-order valence-corrected chi connectivity index (χ2v) is 10.4. The Hall–Kier alpha value is -2.41. The number of benzene rings is 2. The maximum absolute atomic E-state index is 12.2. The molecule has 0 spiro atoms. The Balaban J connectivity index is 1.29. The lowest BCUT2D eigenvalue weighted by molar-refractivity contribution is 0.0792. The van der Waals surface area contributed by atoms with E-state index in [0.29, 0.717) is 19.1 Å². The van der Waals surface area contributed by atoms with Gasteiger partial charge in [0.1, 0.15) is 0 Å². The smallest absolute Gasteiger partial charge is 0.251 e. The van der Waals surface area contributed by atoms with Gasteiger partial charge in [-0.1, -0.05) is 24.3 Å². The molecule has 3 aliphatic rings. The second-order valence-electron chi connectivity index (χ2n) is 10.4. The van der Waals surface area contributed by atoms with Crippen LogP contribution in [0.1, 0.15) is 47.3 Å². The Morgan fingerprint density at radius 3 is 2.68 bits per heavy atom. The highest BCUT2D eigenvalue weighted by Gasteiger charge is 2.31. The molecule has 2 N–H and O–H groups in total. The van der Waals surface area contributed by atoms with Gasteiger partial charge >= 0.3 is 0 Å². The van der Waals surface area contributed by atoms with Crippen LogP contribution in [-0.2, 0) is 19.4 Å². The van der Waals surface area contributed by atoms with Crippen LogP contribution in [0.5, 0.6) is 0 Å². The molecule has 6 nitrogen and oxygen atoms in total. The highest BCUT2D eigenvalue weighted by molar-refractivity contribution is 5.97. The van der Waals surface area contributed by atoms with Gasteiger partial charge in [0, 0.05) is 69.1 Å². The fourth-order valence-electron chi connectivity index (χ4n) is 5.88. The zero-order valence-corrected chi connectivity index (χ0v) is 20.5. The van der Waals surface area contributed by atoms with Crippen LogP contribution in [0.25, 0.3) is 0 Å². The number of carbonyl (C=O) groups is 1. The third kappa shape index (κ3) is 4.99. The van der Waals surface area contributed by atoms with Gasteiger partial charge in [-0.05, 0) is 68.0 Å². The highest BCUT2D eigenvalue weighted by Crippen LogP contribution is 2.28. The first-order chi connectivity index (χ1) is 16.5. The van der Waals surface area contributed by atoms with E-state index < -0.39 is 0 Å². The zero-order chi connectivity index (χ0) is 23.7. The second kappa shape index (κ2) is 10.1. The monoisotopic (exact) mass is 462 g/mol. The maximum Gasteiger partial charge on any atom is 0.251 e. The van der Waals surface area contributed by atoms with Crippen molar-refractivity contribution in [1.29, 1.82) is 0 Å². The minimum atomic E-state index is -0.367. The van der Waals surface area contributed by atoms with Crippen LogP contribution in [0, 0.1) is 0 Å². The Morgan fingerprint density at radius 2 is 1.85 bits per heavy atom. The van der Waals surface area contributed by atoms with Crippen LogP contribution in [0.4, 0.5) is 5.69 Å². The van der Waals surface area contributed by atoms with E-state index in [0.717, 1.165) is 63.1 Å². The van der Waals surface area contributed by atoms with Crippen molar-refractivity contribution in [2.75, 3.05) is 44.2 Å². The minimum absolute atomic E-state index is 0.0347. The molecule has 1 fully saturated rings. The summed E-state index contributed by atoms with van der Waals surface area (Å²) in [4.78, 5) is 19.6. The van der Waals surface area contributed by atoms with Gasteiger partial charge in [0.2, 0.25) is 0 Å².